The van der Waals surface area contributed by atoms with Crippen LogP contribution in [-0.4, -0.2) is 17.4 Å². The summed E-state index contributed by atoms with van der Waals surface area (Å²) >= 11 is 3.33. The maximum atomic E-state index is 11.9. The van der Waals surface area contributed by atoms with Crippen LogP contribution in [0.15, 0.2) is 40.9 Å². The Hall–Kier alpha value is -2.41. The largest absolute Gasteiger partial charge is 0.376 e. The van der Waals surface area contributed by atoms with Gasteiger partial charge in [0.25, 0.3) is 5.69 Å². The number of rotatable bonds is 5. The van der Waals surface area contributed by atoms with E-state index in [0.717, 1.165) is 10.0 Å². The van der Waals surface area contributed by atoms with Gasteiger partial charge in [0.2, 0.25) is 5.91 Å². The van der Waals surface area contributed by atoms with Crippen molar-refractivity contribution in [1.29, 1.82) is 0 Å². The number of hydrogen-bond donors (Lipinski definition) is 2. The van der Waals surface area contributed by atoms with Crippen LogP contribution in [0.4, 0.5) is 17.1 Å². The van der Waals surface area contributed by atoms with E-state index in [9.17, 15) is 14.9 Å². The fourth-order valence-electron chi connectivity index (χ4n) is 2.14. The van der Waals surface area contributed by atoms with E-state index < -0.39 is 4.92 Å². The molecule has 0 heterocycles. The van der Waals surface area contributed by atoms with Crippen LogP contribution in [0, 0.1) is 24.0 Å². The van der Waals surface area contributed by atoms with Crippen molar-refractivity contribution in [1.82, 2.24) is 0 Å². The topological polar surface area (TPSA) is 84.3 Å². The molecule has 0 radical (unpaired) electrons. The van der Waals surface area contributed by atoms with Crippen molar-refractivity contribution in [3.05, 3.63) is 62.1 Å². The molecule has 6 nitrogen and oxygen atoms in total. The van der Waals surface area contributed by atoms with Gasteiger partial charge in [-0.05, 0) is 49.7 Å². The highest BCUT2D eigenvalue weighted by molar-refractivity contribution is 9.10. The molecular formula is C16H16BrN3O3. The number of aryl methyl sites for hydroxylation is 2. The Balaban J connectivity index is 2.02. The van der Waals surface area contributed by atoms with Crippen LogP contribution in [-0.2, 0) is 4.79 Å². The Kier molecular flexibility index (Phi) is 5.33. The predicted molar refractivity (Wildman–Crippen MR) is 93.8 cm³/mol. The molecule has 0 aliphatic rings. The number of amides is 1. The average Bonchev–Trinajstić information content (AvgIpc) is 2.48. The second-order valence-electron chi connectivity index (χ2n) is 5.12. The van der Waals surface area contributed by atoms with E-state index in [2.05, 4.69) is 26.6 Å². The second-order valence-corrected chi connectivity index (χ2v) is 6.04. The molecule has 23 heavy (non-hydrogen) atoms. The van der Waals surface area contributed by atoms with Crippen LogP contribution in [0.5, 0.6) is 0 Å². The smallest absolute Gasteiger partial charge is 0.274 e. The van der Waals surface area contributed by atoms with Crippen LogP contribution < -0.4 is 10.6 Å². The first-order valence-electron chi connectivity index (χ1n) is 6.92. The van der Waals surface area contributed by atoms with Crippen LogP contribution in [0.3, 0.4) is 0 Å². The molecule has 120 valence electrons. The van der Waals surface area contributed by atoms with Gasteiger partial charge in [0.05, 0.1) is 11.5 Å². The molecule has 0 spiro atoms. The molecule has 0 bridgehead atoms. The van der Waals surface area contributed by atoms with Gasteiger partial charge in [-0.2, -0.15) is 0 Å². The van der Waals surface area contributed by atoms with Crippen LogP contribution in [0.2, 0.25) is 0 Å². The zero-order valence-electron chi connectivity index (χ0n) is 12.7. The van der Waals surface area contributed by atoms with Gasteiger partial charge in [-0.3, -0.25) is 14.9 Å². The van der Waals surface area contributed by atoms with E-state index >= 15 is 0 Å². The first-order valence-corrected chi connectivity index (χ1v) is 7.71. The van der Waals surface area contributed by atoms with E-state index in [-0.39, 0.29) is 18.1 Å². The predicted octanol–water partition coefficient (Wildman–Crippen LogP) is 4.02. The molecule has 0 saturated carbocycles. The number of nitrogens with one attached hydrogen (secondary N) is 2. The molecule has 1 amide bonds. The molecule has 0 aliphatic heterocycles. The van der Waals surface area contributed by atoms with E-state index in [1.807, 2.05) is 19.1 Å². The summed E-state index contributed by atoms with van der Waals surface area (Å²) in [4.78, 5) is 22.5. The number of benzene rings is 2. The van der Waals surface area contributed by atoms with Gasteiger partial charge in [-0.15, -0.1) is 0 Å². The van der Waals surface area contributed by atoms with Crippen molar-refractivity contribution in [2.45, 2.75) is 13.8 Å². The van der Waals surface area contributed by atoms with Crippen molar-refractivity contribution in [3.8, 4) is 0 Å². The molecule has 0 atom stereocenters. The maximum absolute atomic E-state index is 11.9. The third kappa shape index (κ3) is 4.53. The summed E-state index contributed by atoms with van der Waals surface area (Å²) in [6, 6.07) is 10.4. The van der Waals surface area contributed by atoms with Crippen LogP contribution in [0.1, 0.15) is 11.1 Å². The van der Waals surface area contributed by atoms with Gasteiger partial charge in [0.1, 0.15) is 0 Å². The zero-order chi connectivity index (χ0) is 17.0. The first kappa shape index (κ1) is 17.0. The lowest BCUT2D eigenvalue weighted by Gasteiger charge is -2.11. The number of anilines is 2. The van der Waals surface area contributed by atoms with Crippen molar-refractivity contribution in [3.63, 3.8) is 0 Å². The summed E-state index contributed by atoms with van der Waals surface area (Å²) in [5.41, 5.74) is 2.74. The van der Waals surface area contributed by atoms with E-state index in [4.69, 9.17) is 0 Å². The highest BCUT2D eigenvalue weighted by Crippen LogP contribution is 2.26. The highest BCUT2D eigenvalue weighted by Gasteiger charge is 2.14. The molecular weight excluding hydrogens is 362 g/mol. The lowest BCUT2D eigenvalue weighted by molar-refractivity contribution is -0.385. The number of hydrogen-bond acceptors (Lipinski definition) is 4. The molecule has 0 fully saturated rings. The summed E-state index contributed by atoms with van der Waals surface area (Å²) in [7, 11) is 0. The van der Waals surface area contributed by atoms with Gasteiger partial charge < -0.3 is 10.6 Å². The number of carbonyl (C=O) groups is 1. The number of nitro groups is 1. The number of nitro benzene ring substituents is 1. The van der Waals surface area contributed by atoms with Crippen LogP contribution in [0.25, 0.3) is 0 Å². The minimum Gasteiger partial charge on any atom is -0.376 e. The van der Waals surface area contributed by atoms with Crippen molar-refractivity contribution >= 4 is 38.9 Å². The summed E-state index contributed by atoms with van der Waals surface area (Å²) < 4.78 is 0.927. The molecule has 2 N–H and O–H groups in total. The number of carbonyl (C=O) groups excluding carboxylic acids is 1. The average molecular weight is 378 g/mol. The SMILES string of the molecule is Cc1cc(C)c([N+](=O)[O-])cc1NCC(=O)Nc1ccc(Br)cc1. The third-order valence-corrected chi connectivity index (χ3v) is 3.84. The molecule has 2 aromatic carbocycles. The molecule has 7 heteroatoms. The summed E-state index contributed by atoms with van der Waals surface area (Å²) in [6.45, 7) is 3.55. The summed E-state index contributed by atoms with van der Waals surface area (Å²) in [6.07, 6.45) is 0. The van der Waals surface area contributed by atoms with E-state index in [0.29, 0.717) is 16.9 Å². The molecule has 0 unspecified atom stereocenters. The normalized spacial score (nSPS) is 10.2. The lowest BCUT2D eigenvalue weighted by atomic mass is 10.1. The zero-order valence-corrected chi connectivity index (χ0v) is 14.3. The molecule has 2 aromatic rings. The molecule has 0 saturated heterocycles. The van der Waals surface area contributed by atoms with E-state index in [1.54, 1.807) is 25.1 Å². The molecule has 0 aromatic heterocycles. The van der Waals surface area contributed by atoms with Crippen molar-refractivity contribution in [2.75, 3.05) is 17.2 Å². The summed E-state index contributed by atoms with van der Waals surface area (Å²) in [5, 5.41) is 16.7. The van der Waals surface area contributed by atoms with Gasteiger partial charge >= 0.3 is 0 Å². The third-order valence-electron chi connectivity index (χ3n) is 3.31. The minimum absolute atomic E-state index is 0.0249. The Labute approximate surface area is 142 Å². The molecule has 0 aliphatic carbocycles. The maximum Gasteiger partial charge on any atom is 0.274 e. The first-order chi connectivity index (χ1) is 10.9. The van der Waals surface area contributed by atoms with Crippen molar-refractivity contribution < 1.29 is 9.72 Å². The van der Waals surface area contributed by atoms with Gasteiger partial charge in [-0.1, -0.05) is 15.9 Å². The Morgan fingerprint density at radius 1 is 1.17 bits per heavy atom. The van der Waals surface area contributed by atoms with Crippen molar-refractivity contribution in [2.24, 2.45) is 0 Å². The Bertz CT molecular complexity index is 745. The van der Waals surface area contributed by atoms with Crippen LogP contribution >= 0.6 is 15.9 Å². The Morgan fingerprint density at radius 2 is 1.83 bits per heavy atom. The van der Waals surface area contributed by atoms with Gasteiger partial charge in [-0.25, -0.2) is 0 Å². The summed E-state index contributed by atoms with van der Waals surface area (Å²) in [5.74, 6) is -0.227. The fraction of sp³-hybridized carbons (Fsp3) is 0.188. The molecule has 2 rings (SSSR count). The fourth-order valence-corrected chi connectivity index (χ4v) is 2.41. The van der Waals surface area contributed by atoms with E-state index in [1.165, 1.54) is 6.07 Å². The van der Waals surface area contributed by atoms with Gasteiger partial charge in [0, 0.05) is 27.5 Å². The minimum atomic E-state index is -0.429. The lowest BCUT2D eigenvalue weighted by Crippen LogP contribution is -2.22. The standard InChI is InChI=1S/C16H16BrN3O3/c1-10-7-11(2)15(20(22)23)8-14(10)18-9-16(21)19-13-5-3-12(17)4-6-13/h3-8,18H,9H2,1-2H3,(H,19,21). The Morgan fingerprint density at radius 3 is 2.43 bits per heavy atom. The highest BCUT2D eigenvalue weighted by atomic mass is 79.9. The number of halogens is 1. The monoisotopic (exact) mass is 377 g/mol. The quantitative estimate of drug-likeness (QED) is 0.608. The van der Waals surface area contributed by atoms with Gasteiger partial charge in [0.15, 0.2) is 0 Å². The second kappa shape index (κ2) is 7.23. The number of nitrogens with zero attached hydrogens (tertiary/aromatic N) is 1.